The molecule has 0 aliphatic heterocycles. The molecule has 0 fully saturated rings. The Bertz CT molecular complexity index is 546. The molecule has 1 aromatic carbocycles. The summed E-state index contributed by atoms with van der Waals surface area (Å²) in [4.78, 5) is 0. The summed E-state index contributed by atoms with van der Waals surface area (Å²) >= 11 is 13.4. The van der Waals surface area contributed by atoms with Gasteiger partial charge in [0.05, 0.1) is 4.34 Å². The Balaban J connectivity index is 2.64. The third-order valence-corrected chi connectivity index (χ3v) is 4.10. The summed E-state index contributed by atoms with van der Waals surface area (Å²) in [7, 11) is 0. The van der Waals surface area contributed by atoms with E-state index in [1.54, 1.807) is 0 Å². The Labute approximate surface area is 109 Å². The zero-order valence-electron chi connectivity index (χ0n) is 8.97. The van der Waals surface area contributed by atoms with Crippen molar-refractivity contribution in [2.75, 3.05) is 5.73 Å². The van der Waals surface area contributed by atoms with Gasteiger partial charge >= 0.3 is 0 Å². The van der Waals surface area contributed by atoms with E-state index in [4.69, 9.17) is 28.9 Å². The van der Waals surface area contributed by atoms with Gasteiger partial charge in [-0.15, -0.1) is 11.3 Å². The number of nitrogen functional groups attached to an aromatic ring is 1. The maximum atomic E-state index is 6.12. The van der Waals surface area contributed by atoms with Gasteiger partial charge in [0.2, 0.25) is 0 Å². The first kappa shape index (κ1) is 11.8. The lowest BCUT2D eigenvalue weighted by atomic mass is 10.0. The number of hydrogen-bond donors (Lipinski definition) is 1. The van der Waals surface area contributed by atoms with E-state index in [0.717, 1.165) is 16.8 Å². The standard InChI is InChI=1S/C12H11Cl2NS/c1-6-3-8(10(15)4-7(6)2)9-5-11(13)16-12(9)14/h3-5H,15H2,1-2H3. The first-order valence-electron chi connectivity index (χ1n) is 4.81. The van der Waals surface area contributed by atoms with E-state index in [1.807, 2.05) is 19.1 Å². The van der Waals surface area contributed by atoms with Crippen LogP contribution in [0.4, 0.5) is 5.69 Å². The van der Waals surface area contributed by atoms with Crippen molar-refractivity contribution in [2.24, 2.45) is 0 Å². The number of halogens is 2. The highest BCUT2D eigenvalue weighted by Gasteiger charge is 2.12. The zero-order valence-corrected chi connectivity index (χ0v) is 11.3. The summed E-state index contributed by atoms with van der Waals surface area (Å²) < 4.78 is 1.36. The van der Waals surface area contributed by atoms with Crippen LogP contribution < -0.4 is 5.73 Å². The zero-order chi connectivity index (χ0) is 11.9. The molecule has 1 heterocycles. The number of rotatable bonds is 1. The highest BCUT2D eigenvalue weighted by Crippen LogP contribution is 2.40. The van der Waals surface area contributed by atoms with Gasteiger partial charge in [0.25, 0.3) is 0 Å². The minimum absolute atomic E-state index is 0.678. The van der Waals surface area contributed by atoms with Crippen LogP contribution >= 0.6 is 34.5 Å². The maximum Gasteiger partial charge on any atom is 0.102 e. The first-order chi connectivity index (χ1) is 7.49. The lowest BCUT2D eigenvalue weighted by molar-refractivity contribution is 1.34. The molecule has 0 spiro atoms. The minimum Gasteiger partial charge on any atom is -0.398 e. The number of benzene rings is 1. The van der Waals surface area contributed by atoms with Crippen molar-refractivity contribution in [3.8, 4) is 11.1 Å². The van der Waals surface area contributed by atoms with Gasteiger partial charge in [-0.25, -0.2) is 0 Å². The average Bonchev–Trinajstić information content (AvgIpc) is 2.51. The van der Waals surface area contributed by atoms with E-state index in [1.165, 1.54) is 22.5 Å². The van der Waals surface area contributed by atoms with Crippen LogP contribution in [0.5, 0.6) is 0 Å². The molecular formula is C12H11Cl2NS. The molecule has 0 saturated heterocycles. The second-order valence-electron chi connectivity index (χ2n) is 3.76. The molecule has 0 aliphatic carbocycles. The van der Waals surface area contributed by atoms with Crippen molar-refractivity contribution >= 4 is 40.2 Å². The largest absolute Gasteiger partial charge is 0.398 e. The molecule has 0 aliphatic rings. The molecule has 0 amide bonds. The third-order valence-electron chi connectivity index (χ3n) is 2.61. The number of hydrogen-bond acceptors (Lipinski definition) is 2. The molecule has 16 heavy (non-hydrogen) atoms. The Morgan fingerprint density at radius 1 is 1.00 bits per heavy atom. The predicted molar refractivity (Wildman–Crippen MR) is 73.7 cm³/mol. The summed E-state index contributed by atoms with van der Waals surface area (Å²) in [6.07, 6.45) is 0. The number of thiophene rings is 1. The van der Waals surface area contributed by atoms with Crippen molar-refractivity contribution in [1.29, 1.82) is 0 Å². The van der Waals surface area contributed by atoms with Gasteiger partial charge in [-0.3, -0.25) is 0 Å². The molecule has 84 valence electrons. The summed E-state index contributed by atoms with van der Waals surface area (Å²) in [6.45, 7) is 4.10. The van der Waals surface area contributed by atoms with E-state index in [9.17, 15) is 0 Å². The van der Waals surface area contributed by atoms with Crippen LogP contribution in [0.2, 0.25) is 8.67 Å². The fraction of sp³-hybridized carbons (Fsp3) is 0.167. The fourth-order valence-electron chi connectivity index (χ4n) is 1.60. The molecule has 0 saturated carbocycles. The van der Waals surface area contributed by atoms with Crippen LogP contribution in [0.1, 0.15) is 11.1 Å². The second-order valence-corrected chi connectivity index (χ2v) is 6.05. The van der Waals surface area contributed by atoms with Gasteiger partial charge in [0.1, 0.15) is 4.34 Å². The quantitative estimate of drug-likeness (QED) is 0.732. The van der Waals surface area contributed by atoms with Crippen molar-refractivity contribution in [1.82, 2.24) is 0 Å². The van der Waals surface area contributed by atoms with Crippen molar-refractivity contribution in [2.45, 2.75) is 13.8 Å². The van der Waals surface area contributed by atoms with E-state index in [2.05, 4.69) is 13.0 Å². The Hall–Kier alpha value is -0.700. The van der Waals surface area contributed by atoms with Crippen LogP contribution in [0.15, 0.2) is 18.2 Å². The summed E-state index contributed by atoms with van der Waals surface area (Å²) in [5, 5.41) is 0. The smallest absolute Gasteiger partial charge is 0.102 e. The molecule has 2 aromatic rings. The minimum atomic E-state index is 0.678. The van der Waals surface area contributed by atoms with Crippen molar-refractivity contribution in [3.05, 3.63) is 38.0 Å². The van der Waals surface area contributed by atoms with Crippen LogP contribution in [0.25, 0.3) is 11.1 Å². The van der Waals surface area contributed by atoms with Crippen molar-refractivity contribution < 1.29 is 0 Å². The molecule has 0 radical (unpaired) electrons. The van der Waals surface area contributed by atoms with Gasteiger partial charge in [-0.2, -0.15) is 0 Å². The Morgan fingerprint density at radius 3 is 2.19 bits per heavy atom. The summed E-state index contributed by atoms with van der Waals surface area (Å²) in [6, 6.07) is 5.87. The number of aryl methyl sites for hydroxylation is 2. The van der Waals surface area contributed by atoms with Gasteiger partial charge in [-0.1, -0.05) is 23.2 Å². The third kappa shape index (κ3) is 2.05. The van der Waals surface area contributed by atoms with Gasteiger partial charge in [-0.05, 0) is 43.2 Å². The maximum absolute atomic E-state index is 6.12. The molecule has 2 rings (SSSR count). The monoisotopic (exact) mass is 271 g/mol. The fourth-order valence-corrected chi connectivity index (χ4v) is 3.09. The number of nitrogens with two attached hydrogens (primary N) is 1. The summed E-state index contributed by atoms with van der Waals surface area (Å²) in [5.41, 5.74) is 11.0. The van der Waals surface area contributed by atoms with E-state index in [-0.39, 0.29) is 0 Å². The van der Waals surface area contributed by atoms with E-state index < -0.39 is 0 Å². The predicted octanol–water partition coefficient (Wildman–Crippen LogP) is 4.92. The normalized spacial score (nSPS) is 10.8. The molecule has 0 atom stereocenters. The lowest BCUT2D eigenvalue weighted by Gasteiger charge is -2.08. The SMILES string of the molecule is Cc1cc(N)c(-c2cc(Cl)sc2Cl)cc1C. The topological polar surface area (TPSA) is 26.0 Å². The van der Waals surface area contributed by atoms with Gasteiger partial charge in [0, 0.05) is 16.8 Å². The molecule has 4 heteroatoms. The second kappa shape index (κ2) is 4.28. The molecule has 2 N–H and O–H groups in total. The number of anilines is 1. The molecular weight excluding hydrogens is 261 g/mol. The molecule has 1 aromatic heterocycles. The summed E-state index contributed by atoms with van der Waals surface area (Å²) in [5.74, 6) is 0. The lowest BCUT2D eigenvalue weighted by Crippen LogP contribution is -1.92. The highest BCUT2D eigenvalue weighted by molar-refractivity contribution is 7.20. The van der Waals surface area contributed by atoms with Crippen LogP contribution in [0.3, 0.4) is 0 Å². The van der Waals surface area contributed by atoms with E-state index in [0.29, 0.717) is 8.67 Å². The van der Waals surface area contributed by atoms with Crippen molar-refractivity contribution in [3.63, 3.8) is 0 Å². The van der Waals surface area contributed by atoms with Crippen LogP contribution in [-0.4, -0.2) is 0 Å². The molecule has 0 unspecified atom stereocenters. The average molecular weight is 272 g/mol. The first-order valence-corrected chi connectivity index (χ1v) is 6.38. The Morgan fingerprint density at radius 2 is 1.62 bits per heavy atom. The Kier molecular flexibility index (Phi) is 3.15. The molecule has 0 bridgehead atoms. The van der Waals surface area contributed by atoms with Crippen LogP contribution in [-0.2, 0) is 0 Å². The van der Waals surface area contributed by atoms with E-state index >= 15 is 0 Å². The van der Waals surface area contributed by atoms with Crippen LogP contribution in [0, 0.1) is 13.8 Å². The highest BCUT2D eigenvalue weighted by atomic mass is 35.5. The van der Waals surface area contributed by atoms with Gasteiger partial charge < -0.3 is 5.73 Å². The van der Waals surface area contributed by atoms with Gasteiger partial charge in [0.15, 0.2) is 0 Å². The molecule has 1 nitrogen and oxygen atoms in total.